The van der Waals surface area contributed by atoms with E-state index in [1.807, 2.05) is 6.92 Å². The van der Waals surface area contributed by atoms with Crippen molar-refractivity contribution in [2.24, 2.45) is 0 Å². The van der Waals surface area contributed by atoms with Crippen LogP contribution in [0, 0.1) is 24.0 Å². The molecule has 0 saturated heterocycles. The minimum atomic E-state index is -4.03. The third-order valence-electron chi connectivity index (χ3n) is 4.93. The van der Waals surface area contributed by atoms with Crippen LogP contribution >= 0.6 is 11.6 Å². The van der Waals surface area contributed by atoms with E-state index in [4.69, 9.17) is 11.6 Å². The van der Waals surface area contributed by atoms with Gasteiger partial charge in [-0.25, -0.2) is 8.42 Å². The van der Waals surface area contributed by atoms with Crippen LogP contribution in [0.1, 0.15) is 16.7 Å². The second kappa shape index (κ2) is 10.1. The fraction of sp³-hybridized carbons (Fsp3) is 0.174. The van der Waals surface area contributed by atoms with Crippen molar-refractivity contribution < 1.29 is 18.1 Å². The molecule has 0 aromatic heterocycles. The summed E-state index contributed by atoms with van der Waals surface area (Å²) >= 11 is 6.05. The van der Waals surface area contributed by atoms with E-state index in [1.165, 1.54) is 30.3 Å². The SMILES string of the molecule is Cc1ccc(S(=O)(=O)N(CC(=O)Nc2cc([N+](=O)[O-])ccc2C)Cc2cccc(Cl)c2)cc1. The second-order valence-corrected chi connectivity index (χ2v) is 9.89. The van der Waals surface area contributed by atoms with Crippen LogP contribution < -0.4 is 5.32 Å². The molecule has 3 aromatic rings. The summed E-state index contributed by atoms with van der Waals surface area (Å²) in [5.74, 6) is -0.628. The van der Waals surface area contributed by atoms with Crippen molar-refractivity contribution in [3.63, 3.8) is 0 Å². The number of nitrogens with one attached hydrogen (secondary N) is 1. The van der Waals surface area contributed by atoms with Gasteiger partial charge in [-0.1, -0.05) is 47.5 Å². The largest absolute Gasteiger partial charge is 0.324 e. The molecule has 1 N–H and O–H groups in total. The van der Waals surface area contributed by atoms with Gasteiger partial charge in [0.2, 0.25) is 15.9 Å². The topological polar surface area (TPSA) is 110 Å². The normalized spacial score (nSPS) is 11.4. The quantitative estimate of drug-likeness (QED) is 0.366. The molecule has 0 bridgehead atoms. The first kappa shape index (κ1) is 24.4. The van der Waals surface area contributed by atoms with Crippen molar-refractivity contribution in [1.82, 2.24) is 4.31 Å². The molecule has 0 saturated carbocycles. The monoisotopic (exact) mass is 487 g/mol. The van der Waals surface area contributed by atoms with Crippen molar-refractivity contribution in [3.8, 4) is 0 Å². The number of aryl methyl sites for hydroxylation is 2. The van der Waals surface area contributed by atoms with Crippen LogP contribution in [0.5, 0.6) is 0 Å². The fourth-order valence-electron chi connectivity index (χ4n) is 3.13. The number of nitrogens with zero attached hydrogens (tertiary/aromatic N) is 2. The van der Waals surface area contributed by atoms with Gasteiger partial charge >= 0.3 is 0 Å². The molecule has 3 rings (SSSR count). The number of rotatable bonds is 8. The molecule has 8 nitrogen and oxygen atoms in total. The number of benzene rings is 3. The Bertz CT molecular complexity index is 1290. The molecule has 0 atom stereocenters. The summed E-state index contributed by atoms with van der Waals surface area (Å²) in [6.07, 6.45) is 0. The van der Waals surface area contributed by atoms with Crippen LogP contribution in [0.3, 0.4) is 0 Å². The average molecular weight is 488 g/mol. The van der Waals surface area contributed by atoms with E-state index in [-0.39, 0.29) is 22.8 Å². The van der Waals surface area contributed by atoms with Crippen molar-refractivity contribution in [3.05, 3.63) is 98.6 Å². The Kier molecular flexibility index (Phi) is 7.47. The summed E-state index contributed by atoms with van der Waals surface area (Å²) in [6.45, 7) is 2.95. The Labute approximate surface area is 197 Å². The standard InChI is InChI=1S/C23H22ClN3O5S/c1-16-6-10-21(11-7-16)33(31,32)26(14-18-4-3-5-19(24)12-18)15-23(28)25-22-13-20(27(29)30)9-8-17(22)2/h3-13H,14-15H2,1-2H3,(H,25,28). The van der Waals surface area contributed by atoms with E-state index < -0.39 is 27.4 Å². The van der Waals surface area contributed by atoms with Gasteiger partial charge in [-0.2, -0.15) is 4.31 Å². The van der Waals surface area contributed by atoms with Crippen LogP contribution in [-0.2, 0) is 21.4 Å². The summed E-state index contributed by atoms with van der Waals surface area (Å²) in [4.78, 5) is 23.4. The van der Waals surface area contributed by atoms with Crippen LogP contribution in [0.2, 0.25) is 5.02 Å². The first-order chi connectivity index (χ1) is 15.6. The fourth-order valence-corrected chi connectivity index (χ4v) is 4.73. The van der Waals surface area contributed by atoms with Gasteiger partial charge in [0.05, 0.1) is 22.1 Å². The van der Waals surface area contributed by atoms with Crippen molar-refractivity contribution in [1.29, 1.82) is 0 Å². The van der Waals surface area contributed by atoms with Crippen LogP contribution in [0.25, 0.3) is 0 Å². The van der Waals surface area contributed by atoms with Gasteiger partial charge in [0, 0.05) is 23.7 Å². The summed E-state index contributed by atoms with van der Waals surface area (Å²) in [5.41, 5.74) is 2.17. The van der Waals surface area contributed by atoms with Crippen LogP contribution in [-0.4, -0.2) is 30.1 Å². The zero-order chi connectivity index (χ0) is 24.2. The molecule has 10 heteroatoms. The van der Waals surface area contributed by atoms with Crippen molar-refractivity contribution in [2.75, 3.05) is 11.9 Å². The van der Waals surface area contributed by atoms with E-state index in [2.05, 4.69) is 5.32 Å². The molecule has 0 aliphatic heterocycles. The molecular formula is C23H22ClN3O5S. The third-order valence-corrected chi connectivity index (χ3v) is 6.97. The van der Waals surface area contributed by atoms with Crippen molar-refractivity contribution in [2.45, 2.75) is 25.3 Å². The van der Waals surface area contributed by atoms with Gasteiger partial charge in [-0.3, -0.25) is 14.9 Å². The molecule has 172 valence electrons. The minimum absolute atomic E-state index is 0.0504. The number of carbonyl (C=O) groups is 1. The zero-order valence-corrected chi connectivity index (χ0v) is 19.6. The van der Waals surface area contributed by atoms with E-state index in [0.717, 1.165) is 9.87 Å². The Hall–Kier alpha value is -3.27. The van der Waals surface area contributed by atoms with Gasteiger partial charge in [0.25, 0.3) is 5.69 Å². The number of amides is 1. The summed E-state index contributed by atoms with van der Waals surface area (Å²) in [6, 6.07) is 17.1. The maximum absolute atomic E-state index is 13.4. The highest BCUT2D eigenvalue weighted by Crippen LogP contribution is 2.23. The lowest BCUT2D eigenvalue weighted by molar-refractivity contribution is -0.384. The number of halogens is 1. The van der Waals surface area contributed by atoms with Gasteiger partial charge in [0.15, 0.2) is 0 Å². The lowest BCUT2D eigenvalue weighted by atomic mass is 10.2. The highest BCUT2D eigenvalue weighted by Gasteiger charge is 2.27. The molecule has 0 heterocycles. The number of hydrogen-bond acceptors (Lipinski definition) is 5. The lowest BCUT2D eigenvalue weighted by Crippen LogP contribution is -2.37. The van der Waals surface area contributed by atoms with Gasteiger partial charge in [-0.05, 0) is 49.2 Å². The highest BCUT2D eigenvalue weighted by atomic mass is 35.5. The molecule has 0 unspecified atom stereocenters. The number of anilines is 1. The molecule has 0 aliphatic rings. The van der Waals surface area contributed by atoms with E-state index in [0.29, 0.717) is 16.1 Å². The predicted molar refractivity (Wildman–Crippen MR) is 127 cm³/mol. The number of sulfonamides is 1. The third kappa shape index (κ3) is 6.16. The highest BCUT2D eigenvalue weighted by molar-refractivity contribution is 7.89. The predicted octanol–water partition coefficient (Wildman–Crippen LogP) is 4.69. The number of nitro groups is 1. The molecule has 33 heavy (non-hydrogen) atoms. The maximum Gasteiger partial charge on any atom is 0.271 e. The summed E-state index contributed by atoms with van der Waals surface area (Å²) < 4.78 is 27.8. The summed E-state index contributed by atoms with van der Waals surface area (Å²) in [5, 5.41) is 14.1. The first-order valence-corrected chi connectivity index (χ1v) is 11.7. The van der Waals surface area contributed by atoms with Gasteiger partial charge < -0.3 is 5.32 Å². The molecule has 3 aromatic carbocycles. The number of carbonyl (C=O) groups excluding carboxylic acids is 1. The molecule has 1 amide bonds. The Morgan fingerprint density at radius 2 is 1.76 bits per heavy atom. The van der Waals surface area contributed by atoms with Crippen LogP contribution in [0.4, 0.5) is 11.4 Å². The molecule has 0 spiro atoms. The Morgan fingerprint density at radius 3 is 2.39 bits per heavy atom. The molecular weight excluding hydrogens is 466 g/mol. The number of non-ortho nitro benzene ring substituents is 1. The zero-order valence-electron chi connectivity index (χ0n) is 18.0. The summed E-state index contributed by atoms with van der Waals surface area (Å²) in [7, 11) is -4.03. The van der Waals surface area contributed by atoms with E-state index in [1.54, 1.807) is 43.3 Å². The Balaban J connectivity index is 1.91. The number of hydrogen-bond donors (Lipinski definition) is 1. The minimum Gasteiger partial charge on any atom is -0.324 e. The number of nitro benzene ring substituents is 1. The maximum atomic E-state index is 13.4. The van der Waals surface area contributed by atoms with Gasteiger partial charge in [0.1, 0.15) is 0 Å². The average Bonchev–Trinajstić information content (AvgIpc) is 2.75. The van der Waals surface area contributed by atoms with Crippen LogP contribution in [0.15, 0.2) is 71.6 Å². The van der Waals surface area contributed by atoms with Gasteiger partial charge in [-0.15, -0.1) is 0 Å². The lowest BCUT2D eigenvalue weighted by Gasteiger charge is -2.22. The smallest absolute Gasteiger partial charge is 0.271 e. The Morgan fingerprint density at radius 1 is 1.06 bits per heavy atom. The van der Waals surface area contributed by atoms with Crippen molar-refractivity contribution >= 4 is 38.9 Å². The van der Waals surface area contributed by atoms with E-state index >= 15 is 0 Å². The van der Waals surface area contributed by atoms with E-state index in [9.17, 15) is 23.3 Å². The molecule has 0 radical (unpaired) electrons. The molecule has 0 fully saturated rings. The second-order valence-electron chi connectivity index (χ2n) is 7.52. The molecule has 0 aliphatic carbocycles. The first-order valence-electron chi connectivity index (χ1n) is 9.92.